The molecule has 0 aliphatic carbocycles. The molecule has 0 saturated carbocycles. The van der Waals surface area contributed by atoms with Crippen LogP contribution >= 0.6 is 0 Å². The molecule has 1 aliphatic heterocycles. The van der Waals surface area contributed by atoms with Crippen molar-refractivity contribution in [2.24, 2.45) is 11.8 Å². The van der Waals surface area contributed by atoms with E-state index in [4.69, 9.17) is 0 Å². The first-order chi connectivity index (χ1) is 7.27. The Balaban J connectivity index is 1.98. The van der Waals surface area contributed by atoms with E-state index in [0.29, 0.717) is 12.5 Å². The molecule has 0 spiro atoms. The van der Waals surface area contributed by atoms with E-state index >= 15 is 0 Å². The highest BCUT2D eigenvalue weighted by molar-refractivity contribution is 5.91. The molecule has 1 saturated heterocycles. The van der Waals surface area contributed by atoms with Gasteiger partial charge in [-0.15, -0.1) is 5.10 Å². The molecule has 1 aliphatic rings. The summed E-state index contributed by atoms with van der Waals surface area (Å²) >= 11 is 0. The molecule has 2 N–H and O–H groups in total. The number of amides is 1. The standard InChI is InChI=1S/C9H13N5O/c1-6-4-10-5-7(6)8(15)13-9-11-2-3-12-14-9/h2-3,6-7,10H,4-5H2,1H3,(H,11,13,14,15)/t6-,7-/m1/s1. The Kier molecular flexibility index (Phi) is 2.86. The summed E-state index contributed by atoms with van der Waals surface area (Å²) < 4.78 is 0. The van der Waals surface area contributed by atoms with Gasteiger partial charge in [-0.2, -0.15) is 5.10 Å². The Hall–Kier alpha value is -1.56. The van der Waals surface area contributed by atoms with E-state index in [1.807, 2.05) is 6.92 Å². The van der Waals surface area contributed by atoms with Gasteiger partial charge in [-0.3, -0.25) is 10.1 Å². The molecule has 15 heavy (non-hydrogen) atoms. The summed E-state index contributed by atoms with van der Waals surface area (Å²) in [6.45, 7) is 3.65. The van der Waals surface area contributed by atoms with Gasteiger partial charge in [0.15, 0.2) is 0 Å². The Morgan fingerprint density at radius 1 is 1.53 bits per heavy atom. The van der Waals surface area contributed by atoms with Crippen LogP contribution in [-0.4, -0.2) is 34.2 Å². The van der Waals surface area contributed by atoms with Gasteiger partial charge < -0.3 is 5.32 Å². The Morgan fingerprint density at radius 3 is 3.00 bits per heavy atom. The summed E-state index contributed by atoms with van der Waals surface area (Å²) in [5, 5.41) is 13.2. The summed E-state index contributed by atoms with van der Waals surface area (Å²) in [4.78, 5) is 15.7. The fourth-order valence-corrected chi connectivity index (χ4v) is 1.67. The molecule has 2 heterocycles. The molecule has 0 aromatic carbocycles. The van der Waals surface area contributed by atoms with Gasteiger partial charge in [-0.1, -0.05) is 6.92 Å². The van der Waals surface area contributed by atoms with E-state index in [-0.39, 0.29) is 17.8 Å². The maximum Gasteiger partial charge on any atom is 0.249 e. The Morgan fingerprint density at radius 2 is 2.40 bits per heavy atom. The van der Waals surface area contributed by atoms with E-state index < -0.39 is 0 Å². The van der Waals surface area contributed by atoms with Crippen molar-refractivity contribution in [1.29, 1.82) is 0 Å². The zero-order chi connectivity index (χ0) is 10.7. The largest absolute Gasteiger partial charge is 0.316 e. The van der Waals surface area contributed by atoms with E-state index in [0.717, 1.165) is 6.54 Å². The van der Waals surface area contributed by atoms with Crippen molar-refractivity contribution in [3.8, 4) is 0 Å². The fourth-order valence-electron chi connectivity index (χ4n) is 1.67. The summed E-state index contributed by atoms with van der Waals surface area (Å²) in [5.41, 5.74) is 0. The van der Waals surface area contributed by atoms with E-state index in [1.165, 1.54) is 12.4 Å². The average Bonchev–Trinajstić information content (AvgIpc) is 2.66. The van der Waals surface area contributed by atoms with Crippen molar-refractivity contribution >= 4 is 11.9 Å². The number of anilines is 1. The number of nitrogens with one attached hydrogen (secondary N) is 2. The normalized spacial score (nSPS) is 25.1. The number of hydrogen-bond donors (Lipinski definition) is 2. The van der Waals surface area contributed by atoms with Gasteiger partial charge in [0.1, 0.15) is 0 Å². The van der Waals surface area contributed by atoms with Crippen molar-refractivity contribution in [2.75, 3.05) is 18.4 Å². The fraction of sp³-hybridized carbons (Fsp3) is 0.556. The second kappa shape index (κ2) is 4.31. The molecule has 1 amide bonds. The topological polar surface area (TPSA) is 79.8 Å². The van der Waals surface area contributed by atoms with Gasteiger partial charge in [0.2, 0.25) is 11.9 Å². The first kappa shape index (κ1) is 9.97. The molecule has 1 aromatic rings. The highest BCUT2D eigenvalue weighted by Crippen LogP contribution is 2.16. The number of carbonyl (C=O) groups is 1. The maximum absolute atomic E-state index is 11.8. The molecule has 6 nitrogen and oxygen atoms in total. The minimum atomic E-state index is -0.0412. The number of aromatic nitrogens is 3. The second-order valence-electron chi connectivity index (χ2n) is 3.70. The first-order valence-corrected chi connectivity index (χ1v) is 4.92. The predicted octanol–water partition coefficient (Wildman–Crippen LogP) is -0.334. The molecular weight excluding hydrogens is 194 g/mol. The van der Waals surface area contributed by atoms with Crippen molar-refractivity contribution in [2.45, 2.75) is 6.92 Å². The van der Waals surface area contributed by atoms with Gasteiger partial charge in [0, 0.05) is 6.54 Å². The van der Waals surface area contributed by atoms with Crippen LogP contribution in [0.2, 0.25) is 0 Å². The lowest BCUT2D eigenvalue weighted by Crippen LogP contribution is -2.28. The van der Waals surface area contributed by atoms with Crippen LogP contribution in [-0.2, 0) is 4.79 Å². The number of carbonyl (C=O) groups excluding carboxylic acids is 1. The molecule has 2 rings (SSSR count). The quantitative estimate of drug-likeness (QED) is 0.694. The number of rotatable bonds is 2. The zero-order valence-electron chi connectivity index (χ0n) is 8.47. The lowest BCUT2D eigenvalue weighted by atomic mass is 9.97. The maximum atomic E-state index is 11.8. The van der Waals surface area contributed by atoms with Gasteiger partial charge in [0.05, 0.1) is 18.3 Å². The number of hydrogen-bond acceptors (Lipinski definition) is 5. The third-order valence-electron chi connectivity index (χ3n) is 2.57. The highest BCUT2D eigenvalue weighted by atomic mass is 16.2. The van der Waals surface area contributed by atoms with Crippen molar-refractivity contribution in [3.05, 3.63) is 12.4 Å². The van der Waals surface area contributed by atoms with Gasteiger partial charge in [-0.05, 0) is 12.5 Å². The molecular formula is C9H13N5O. The Bertz CT molecular complexity index is 342. The molecule has 0 bridgehead atoms. The van der Waals surface area contributed by atoms with E-state index in [2.05, 4.69) is 25.8 Å². The Labute approximate surface area is 87.5 Å². The lowest BCUT2D eigenvalue weighted by molar-refractivity contribution is -0.120. The molecule has 0 unspecified atom stereocenters. The van der Waals surface area contributed by atoms with Gasteiger partial charge in [0.25, 0.3) is 0 Å². The minimum absolute atomic E-state index is 0.00574. The van der Waals surface area contributed by atoms with Crippen molar-refractivity contribution in [1.82, 2.24) is 20.5 Å². The average molecular weight is 207 g/mol. The molecule has 80 valence electrons. The third-order valence-corrected chi connectivity index (χ3v) is 2.57. The minimum Gasteiger partial charge on any atom is -0.316 e. The predicted molar refractivity (Wildman–Crippen MR) is 54.0 cm³/mol. The van der Waals surface area contributed by atoms with E-state index in [9.17, 15) is 4.79 Å². The van der Waals surface area contributed by atoms with Crippen LogP contribution in [0.15, 0.2) is 12.4 Å². The van der Waals surface area contributed by atoms with Crippen molar-refractivity contribution < 1.29 is 4.79 Å². The van der Waals surface area contributed by atoms with Gasteiger partial charge >= 0.3 is 0 Å². The molecule has 1 fully saturated rings. The second-order valence-corrected chi connectivity index (χ2v) is 3.70. The molecule has 2 atom stereocenters. The monoisotopic (exact) mass is 207 g/mol. The summed E-state index contributed by atoms with van der Waals surface area (Å²) in [6.07, 6.45) is 2.97. The summed E-state index contributed by atoms with van der Waals surface area (Å²) in [6, 6.07) is 0. The smallest absolute Gasteiger partial charge is 0.249 e. The van der Waals surface area contributed by atoms with E-state index in [1.54, 1.807) is 0 Å². The zero-order valence-corrected chi connectivity index (χ0v) is 8.47. The van der Waals surface area contributed by atoms with Crippen LogP contribution in [0.25, 0.3) is 0 Å². The summed E-state index contributed by atoms with van der Waals surface area (Å²) in [7, 11) is 0. The SMILES string of the molecule is C[C@@H]1CNC[C@H]1C(=O)Nc1nccnn1. The van der Waals surface area contributed by atoms with Crippen molar-refractivity contribution in [3.63, 3.8) is 0 Å². The molecule has 6 heteroatoms. The number of nitrogens with zero attached hydrogens (tertiary/aromatic N) is 3. The van der Waals surface area contributed by atoms with Crippen LogP contribution in [0, 0.1) is 11.8 Å². The highest BCUT2D eigenvalue weighted by Gasteiger charge is 2.29. The molecule has 1 aromatic heterocycles. The van der Waals surface area contributed by atoms with Crippen LogP contribution < -0.4 is 10.6 Å². The lowest BCUT2D eigenvalue weighted by Gasteiger charge is -2.12. The van der Waals surface area contributed by atoms with Crippen LogP contribution in [0.1, 0.15) is 6.92 Å². The van der Waals surface area contributed by atoms with Crippen LogP contribution in [0.4, 0.5) is 5.95 Å². The first-order valence-electron chi connectivity index (χ1n) is 4.92. The van der Waals surface area contributed by atoms with Gasteiger partial charge in [-0.25, -0.2) is 4.98 Å². The summed E-state index contributed by atoms with van der Waals surface area (Å²) in [5.74, 6) is 0.567. The third kappa shape index (κ3) is 2.27. The van der Waals surface area contributed by atoms with Crippen LogP contribution in [0.3, 0.4) is 0 Å². The van der Waals surface area contributed by atoms with Crippen LogP contribution in [0.5, 0.6) is 0 Å². The molecule has 0 radical (unpaired) electrons.